The summed E-state index contributed by atoms with van der Waals surface area (Å²) in [6, 6.07) is 0. The summed E-state index contributed by atoms with van der Waals surface area (Å²) in [7, 11) is 0. The van der Waals surface area contributed by atoms with E-state index in [4.69, 9.17) is 12.2 Å². The summed E-state index contributed by atoms with van der Waals surface area (Å²) < 4.78 is 0. The minimum absolute atomic E-state index is 0.0269. The molecule has 74 valence electrons. The Hall–Kier alpha value is -1.58. The number of hydrogen-bond acceptors (Lipinski definition) is 5. The molecule has 0 bridgehead atoms. The molecule has 0 aliphatic carbocycles. The van der Waals surface area contributed by atoms with Crippen LogP contribution in [0.1, 0.15) is 15.4 Å². The van der Waals surface area contributed by atoms with Crippen LogP contribution in [0.2, 0.25) is 0 Å². The van der Waals surface area contributed by atoms with Crippen molar-refractivity contribution in [2.24, 2.45) is 0 Å². The summed E-state index contributed by atoms with van der Waals surface area (Å²) in [5, 5.41) is 0.351. The molecule has 0 spiro atoms. The Labute approximate surface area is 85.2 Å². The van der Waals surface area contributed by atoms with Gasteiger partial charge < -0.3 is 5.73 Å². The van der Waals surface area contributed by atoms with Gasteiger partial charge in [-0.15, -0.1) is 6.42 Å². The number of aromatic nitrogens is 1. The average Bonchev–Trinajstić information content (AvgIpc) is 2.45. The molecule has 6 heteroatoms. The van der Waals surface area contributed by atoms with E-state index in [0.717, 1.165) is 11.3 Å². The maximum atomic E-state index is 11.4. The molecule has 0 unspecified atom stereocenters. The van der Waals surface area contributed by atoms with Gasteiger partial charge in [0.2, 0.25) is 0 Å². The fraction of sp³-hybridized carbons (Fsp3) is 0.250. The largest absolute Gasteiger partial charge is 0.375 e. The van der Waals surface area contributed by atoms with Crippen LogP contribution >= 0.6 is 11.3 Å². The van der Waals surface area contributed by atoms with Crippen molar-refractivity contribution in [2.75, 3.05) is 12.3 Å². The van der Waals surface area contributed by atoms with Crippen molar-refractivity contribution in [1.82, 2.24) is 10.5 Å². The van der Waals surface area contributed by atoms with Gasteiger partial charge in [0.25, 0.3) is 5.91 Å². The highest BCUT2D eigenvalue weighted by atomic mass is 32.1. The van der Waals surface area contributed by atoms with Crippen LogP contribution in [-0.2, 0) is 4.84 Å². The van der Waals surface area contributed by atoms with Gasteiger partial charge in [-0.25, -0.2) is 10.5 Å². The van der Waals surface area contributed by atoms with E-state index in [2.05, 4.69) is 21.2 Å². The van der Waals surface area contributed by atoms with E-state index >= 15 is 0 Å². The summed E-state index contributed by atoms with van der Waals surface area (Å²) >= 11 is 1.10. The van der Waals surface area contributed by atoms with Crippen LogP contribution in [0.25, 0.3) is 0 Å². The number of hydrogen-bond donors (Lipinski definition) is 2. The highest BCUT2D eigenvalue weighted by Crippen LogP contribution is 2.18. The topological polar surface area (TPSA) is 77.2 Å². The predicted octanol–water partition coefficient (Wildman–Crippen LogP) is 0.328. The van der Waals surface area contributed by atoms with Crippen LogP contribution in [0.3, 0.4) is 0 Å². The van der Waals surface area contributed by atoms with Gasteiger partial charge in [-0.05, 0) is 6.92 Å². The number of nitrogens with two attached hydrogens (primary N) is 1. The molecule has 1 heterocycles. The van der Waals surface area contributed by atoms with Crippen LogP contribution in [0.4, 0.5) is 5.13 Å². The van der Waals surface area contributed by atoms with Gasteiger partial charge in [0, 0.05) is 0 Å². The molecular weight excluding hydrogens is 202 g/mol. The molecule has 0 saturated heterocycles. The molecule has 0 atom stereocenters. The van der Waals surface area contributed by atoms with Crippen molar-refractivity contribution in [3.63, 3.8) is 0 Å². The zero-order chi connectivity index (χ0) is 10.6. The van der Waals surface area contributed by atoms with Gasteiger partial charge in [0.1, 0.15) is 11.5 Å². The lowest BCUT2D eigenvalue weighted by Gasteiger charge is -2.00. The lowest BCUT2D eigenvalue weighted by atomic mass is 10.4. The minimum atomic E-state index is -0.382. The lowest BCUT2D eigenvalue weighted by molar-refractivity contribution is 0.0441. The predicted molar refractivity (Wildman–Crippen MR) is 53.5 cm³/mol. The molecule has 3 N–H and O–H groups in total. The molecule has 5 nitrogen and oxygen atoms in total. The number of anilines is 1. The zero-order valence-electron chi connectivity index (χ0n) is 7.53. The molecule has 14 heavy (non-hydrogen) atoms. The van der Waals surface area contributed by atoms with E-state index in [1.165, 1.54) is 0 Å². The first kappa shape index (κ1) is 10.5. The third-order valence-corrected chi connectivity index (χ3v) is 2.33. The Kier molecular flexibility index (Phi) is 3.45. The first-order valence-corrected chi connectivity index (χ1v) is 4.55. The first-order valence-electron chi connectivity index (χ1n) is 3.73. The quantitative estimate of drug-likeness (QED) is 0.429. The number of amides is 1. The van der Waals surface area contributed by atoms with Gasteiger partial charge in [-0.3, -0.25) is 9.63 Å². The van der Waals surface area contributed by atoms with Gasteiger partial charge in [0.05, 0.1) is 5.69 Å². The third-order valence-electron chi connectivity index (χ3n) is 1.34. The monoisotopic (exact) mass is 211 g/mol. The fourth-order valence-corrected chi connectivity index (χ4v) is 1.54. The standard InChI is InChI=1S/C8H9N3O2S/c1-3-4-13-11-7(12)6-5(2)10-8(9)14-6/h1H,4H2,2H3,(H2,9,10)(H,11,12). The van der Waals surface area contributed by atoms with Gasteiger partial charge in [0.15, 0.2) is 5.13 Å². The molecular formula is C8H9N3O2S. The second-order valence-corrected chi connectivity index (χ2v) is 3.42. The molecule has 1 amide bonds. The number of aryl methyl sites for hydroxylation is 1. The number of rotatable bonds is 3. The molecule has 0 aromatic carbocycles. The van der Waals surface area contributed by atoms with Crippen molar-refractivity contribution in [3.05, 3.63) is 10.6 Å². The highest BCUT2D eigenvalue weighted by Gasteiger charge is 2.13. The van der Waals surface area contributed by atoms with E-state index in [1.54, 1.807) is 6.92 Å². The van der Waals surface area contributed by atoms with E-state index in [9.17, 15) is 4.79 Å². The van der Waals surface area contributed by atoms with Crippen molar-refractivity contribution < 1.29 is 9.63 Å². The van der Waals surface area contributed by atoms with Gasteiger partial charge >= 0.3 is 0 Å². The lowest BCUT2D eigenvalue weighted by Crippen LogP contribution is -2.23. The summed E-state index contributed by atoms with van der Waals surface area (Å²) in [5.41, 5.74) is 8.19. The Morgan fingerprint density at radius 2 is 2.57 bits per heavy atom. The Morgan fingerprint density at radius 3 is 3.07 bits per heavy atom. The number of nitrogen functional groups attached to an aromatic ring is 1. The molecule has 1 aromatic rings. The van der Waals surface area contributed by atoms with Crippen LogP contribution in [0.15, 0.2) is 0 Å². The van der Waals surface area contributed by atoms with E-state index in [0.29, 0.717) is 15.7 Å². The van der Waals surface area contributed by atoms with E-state index < -0.39 is 0 Å². The van der Waals surface area contributed by atoms with Crippen LogP contribution in [-0.4, -0.2) is 17.5 Å². The number of nitrogens with zero attached hydrogens (tertiary/aromatic N) is 1. The fourth-order valence-electron chi connectivity index (χ4n) is 0.818. The maximum absolute atomic E-state index is 11.4. The number of nitrogens with one attached hydrogen (secondary N) is 1. The van der Waals surface area contributed by atoms with Crippen molar-refractivity contribution in [2.45, 2.75) is 6.92 Å². The zero-order valence-corrected chi connectivity index (χ0v) is 8.35. The maximum Gasteiger partial charge on any atom is 0.286 e. The highest BCUT2D eigenvalue weighted by molar-refractivity contribution is 7.17. The van der Waals surface area contributed by atoms with Crippen molar-refractivity contribution >= 4 is 22.4 Å². The smallest absolute Gasteiger partial charge is 0.286 e. The van der Waals surface area contributed by atoms with E-state index in [1.807, 2.05) is 0 Å². The van der Waals surface area contributed by atoms with Crippen LogP contribution in [0.5, 0.6) is 0 Å². The minimum Gasteiger partial charge on any atom is -0.375 e. The normalized spacial score (nSPS) is 9.43. The Bertz CT molecular complexity index is 380. The van der Waals surface area contributed by atoms with Gasteiger partial charge in [-0.1, -0.05) is 17.3 Å². The number of carbonyl (C=O) groups is 1. The molecule has 1 aromatic heterocycles. The molecule has 0 saturated carbocycles. The molecule has 0 radical (unpaired) electrons. The van der Waals surface area contributed by atoms with E-state index in [-0.39, 0.29) is 12.5 Å². The van der Waals surface area contributed by atoms with Crippen molar-refractivity contribution in [3.8, 4) is 12.3 Å². The number of terminal acetylenes is 1. The second kappa shape index (κ2) is 4.60. The van der Waals surface area contributed by atoms with Gasteiger partial charge in [-0.2, -0.15) is 0 Å². The molecule has 0 aliphatic rings. The molecule has 0 fully saturated rings. The third kappa shape index (κ3) is 2.45. The number of carbonyl (C=O) groups excluding carboxylic acids is 1. The average molecular weight is 211 g/mol. The summed E-state index contributed by atoms with van der Waals surface area (Å²) in [6.07, 6.45) is 4.93. The van der Waals surface area contributed by atoms with Crippen LogP contribution in [0, 0.1) is 19.3 Å². The van der Waals surface area contributed by atoms with Crippen molar-refractivity contribution in [1.29, 1.82) is 0 Å². The summed E-state index contributed by atoms with van der Waals surface area (Å²) in [5.74, 6) is 1.84. The summed E-state index contributed by atoms with van der Waals surface area (Å²) in [4.78, 5) is 20.4. The SMILES string of the molecule is C#CCONC(=O)c1sc(N)nc1C. The number of thiazole rings is 1. The second-order valence-electron chi connectivity index (χ2n) is 2.39. The Morgan fingerprint density at radius 1 is 1.86 bits per heavy atom. The molecule has 0 aliphatic heterocycles. The Balaban J connectivity index is 2.61. The van der Waals surface area contributed by atoms with Crippen LogP contribution < -0.4 is 11.2 Å². The summed E-state index contributed by atoms with van der Waals surface area (Å²) in [6.45, 7) is 1.72. The molecule has 1 rings (SSSR count). The number of hydroxylamine groups is 1. The first-order chi connectivity index (χ1) is 6.65.